The molecule has 212 valence electrons. The van der Waals surface area contributed by atoms with Crippen molar-refractivity contribution in [3.8, 4) is 11.5 Å². The molecule has 0 radical (unpaired) electrons. The van der Waals surface area contributed by atoms with Crippen LogP contribution in [-0.2, 0) is 9.09 Å². The number of hydrogen-bond donors (Lipinski definition) is 3. The highest BCUT2D eigenvalue weighted by Crippen LogP contribution is 2.63. The minimum absolute atomic E-state index is 0.00553. The fraction of sp³-hybridized carbons (Fsp3) is 0.250. The Morgan fingerprint density at radius 3 is 2.73 bits per heavy atom. The van der Waals surface area contributed by atoms with Crippen LogP contribution < -0.4 is 26.2 Å². The van der Waals surface area contributed by atoms with Crippen LogP contribution in [0.5, 0.6) is 11.5 Å². The van der Waals surface area contributed by atoms with E-state index >= 15 is 4.57 Å². The van der Waals surface area contributed by atoms with Gasteiger partial charge >= 0.3 is 5.97 Å². The molecule has 8 nitrogen and oxygen atoms in total. The lowest BCUT2D eigenvalue weighted by molar-refractivity contribution is 0.0736. The van der Waals surface area contributed by atoms with E-state index < -0.39 is 25.1 Å². The maximum absolute atomic E-state index is 15.1. The topological polar surface area (TPSA) is 138 Å². The Labute approximate surface area is 240 Å². The number of esters is 1. The van der Waals surface area contributed by atoms with E-state index in [-0.39, 0.29) is 34.2 Å². The smallest absolute Gasteiger partial charge is 0.343 e. The van der Waals surface area contributed by atoms with E-state index in [0.717, 1.165) is 17.6 Å². The quantitative estimate of drug-likeness (QED) is 0.0901. The van der Waals surface area contributed by atoms with Crippen LogP contribution in [0.2, 0.25) is 0 Å². The zero-order chi connectivity index (χ0) is 29.1. The van der Waals surface area contributed by atoms with E-state index in [0.29, 0.717) is 30.6 Å². The van der Waals surface area contributed by atoms with Gasteiger partial charge in [-0.1, -0.05) is 50.3 Å². The zero-order valence-corrected chi connectivity index (χ0v) is 23.8. The number of carbonyl (C=O) groups excluding carboxylic acids is 1. The van der Waals surface area contributed by atoms with Crippen LogP contribution in [0.1, 0.15) is 43.0 Å². The van der Waals surface area contributed by atoms with Gasteiger partial charge in [-0.2, -0.15) is 0 Å². The van der Waals surface area contributed by atoms with Crippen molar-refractivity contribution in [1.29, 1.82) is 5.41 Å². The molecule has 1 saturated heterocycles. The summed E-state index contributed by atoms with van der Waals surface area (Å²) in [6, 6.07) is 11.1. The maximum atomic E-state index is 15.1. The highest BCUT2D eigenvalue weighted by atomic mass is 31.2. The summed E-state index contributed by atoms with van der Waals surface area (Å²) in [6.07, 6.45) is 13.3. The van der Waals surface area contributed by atoms with Gasteiger partial charge in [0.1, 0.15) is 11.5 Å². The minimum atomic E-state index is -3.70. The lowest BCUT2D eigenvalue weighted by Gasteiger charge is -2.41. The average molecular weight is 572 g/mol. The van der Waals surface area contributed by atoms with Gasteiger partial charge in [0.25, 0.3) is 0 Å². The number of anilines is 1. The number of nitrogens with one attached hydrogen (secondary N) is 1. The van der Waals surface area contributed by atoms with Crippen molar-refractivity contribution < 1.29 is 23.4 Å². The number of nitrogen functional groups attached to an aromatic ring is 1. The third-order valence-corrected chi connectivity index (χ3v) is 10.3. The van der Waals surface area contributed by atoms with Gasteiger partial charge in [-0.15, -0.1) is 0 Å². The number of nitrogens with two attached hydrogens (primary N) is 2. The Kier molecular flexibility index (Phi) is 8.15. The molecule has 2 aromatic carbocycles. The van der Waals surface area contributed by atoms with E-state index in [9.17, 15) is 4.79 Å². The molecule has 41 heavy (non-hydrogen) atoms. The standard InChI is InChI=1S/C32H34N3O5P/c1-3-8-27-20(2)26-13-4-5-14-29(26)41(37,40-27)30-19-25(38-31(35)21-9-6-11-23(33)17-21)15-16-28(30)39-32(36)22-10-7-12-24(34)18-22/h4-7,10-13,15-19,21,27,29,35H,2-3,8-9,14,33-34H2,1H3. The largest absolute Gasteiger partial charge is 0.443 e. The van der Waals surface area contributed by atoms with Gasteiger partial charge in [0.2, 0.25) is 7.37 Å². The number of hydrogen-bond acceptors (Lipinski definition) is 8. The molecular formula is C32H34N3O5P. The van der Waals surface area contributed by atoms with Crippen LogP contribution >= 0.6 is 7.37 Å². The molecular weight excluding hydrogens is 537 g/mol. The van der Waals surface area contributed by atoms with Gasteiger partial charge in [0.15, 0.2) is 5.90 Å². The van der Waals surface area contributed by atoms with E-state index in [1.54, 1.807) is 42.5 Å². The first-order valence-corrected chi connectivity index (χ1v) is 15.4. The van der Waals surface area contributed by atoms with Gasteiger partial charge in [-0.25, -0.2) is 4.79 Å². The minimum Gasteiger partial charge on any atom is -0.443 e. The lowest BCUT2D eigenvalue weighted by atomic mass is 9.92. The number of fused-ring (bicyclic) bond motifs is 1. The fourth-order valence-corrected chi connectivity index (χ4v) is 8.25. The molecule has 0 aromatic heterocycles. The number of rotatable bonds is 7. The van der Waals surface area contributed by atoms with Crippen LogP contribution in [-0.4, -0.2) is 23.6 Å². The fourth-order valence-electron chi connectivity index (χ4n) is 5.29. The lowest BCUT2D eigenvalue weighted by Crippen LogP contribution is -2.35. The van der Waals surface area contributed by atoms with Gasteiger partial charge in [0, 0.05) is 11.4 Å². The first-order chi connectivity index (χ1) is 19.7. The second-order valence-corrected chi connectivity index (χ2v) is 12.8. The highest BCUT2D eigenvalue weighted by Gasteiger charge is 2.48. The van der Waals surface area contributed by atoms with E-state index in [2.05, 4.69) is 6.58 Å². The summed E-state index contributed by atoms with van der Waals surface area (Å²) >= 11 is 0. The molecule has 1 fully saturated rings. The summed E-state index contributed by atoms with van der Waals surface area (Å²) in [4.78, 5) is 13.2. The first kappa shape index (κ1) is 28.4. The molecule has 0 saturated carbocycles. The van der Waals surface area contributed by atoms with Crippen LogP contribution in [0.15, 0.2) is 102 Å². The zero-order valence-electron chi connectivity index (χ0n) is 22.9. The molecule has 4 unspecified atom stereocenters. The Balaban J connectivity index is 1.56. The van der Waals surface area contributed by atoms with Crippen LogP contribution in [0.25, 0.3) is 0 Å². The predicted molar refractivity (Wildman–Crippen MR) is 162 cm³/mol. The van der Waals surface area contributed by atoms with Gasteiger partial charge in [-0.05, 0) is 79.0 Å². The molecule has 5 N–H and O–H groups in total. The van der Waals surface area contributed by atoms with Gasteiger partial charge in [0.05, 0.1) is 28.5 Å². The van der Waals surface area contributed by atoms with Crippen molar-refractivity contribution in [3.05, 3.63) is 108 Å². The summed E-state index contributed by atoms with van der Waals surface area (Å²) in [7, 11) is -3.70. The summed E-state index contributed by atoms with van der Waals surface area (Å²) in [5, 5.41) is 8.77. The molecule has 4 atom stereocenters. The van der Waals surface area contributed by atoms with Crippen molar-refractivity contribution in [3.63, 3.8) is 0 Å². The van der Waals surface area contributed by atoms with E-state index in [1.165, 1.54) is 12.1 Å². The summed E-state index contributed by atoms with van der Waals surface area (Å²) < 4.78 is 33.3. The van der Waals surface area contributed by atoms with Crippen molar-refractivity contribution in [2.45, 2.75) is 44.4 Å². The van der Waals surface area contributed by atoms with Crippen LogP contribution in [0.4, 0.5) is 5.69 Å². The van der Waals surface area contributed by atoms with Crippen molar-refractivity contribution in [2.24, 2.45) is 11.7 Å². The van der Waals surface area contributed by atoms with Crippen molar-refractivity contribution in [1.82, 2.24) is 0 Å². The third-order valence-electron chi connectivity index (χ3n) is 7.38. The highest BCUT2D eigenvalue weighted by molar-refractivity contribution is 7.68. The summed E-state index contributed by atoms with van der Waals surface area (Å²) in [6.45, 7) is 6.30. The Bertz CT molecular complexity index is 1570. The van der Waals surface area contributed by atoms with Gasteiger partial charge in [-0.3, -0.25) is 9.97 Å². The second-order valence-electron chi connectivity index (χ2n) is 10.3. The van der Waals surface area contributed by atoms with Crippen LogP contribution in [0, 0.1) is 11.3 Å². The molecule has 0 bridgehead atoms. The molecule has 0 amide bonds. The molecule has 3 aliphatic rings. The molecule has 1 heterocycles. The van der Waals surface area contributed by atoms with E-state index in [1.807, 2.05) is 31.2 Å². The maximum Gasteiger partial charge on any atom is 0.343 e. The average Bonchev–Trinajstić information content (AvgIpc) is 2.96. The van der Waals surface area contributed by atoms with Crippen LogP contribution in [0.3, 0.4) is 0 Å². The Morgan fingerprint density at radius 1 is 1.15 bits per heavy atom. The van der Waals surface area contributed by atoms with Gasteiger partial charge < -0.3 is 25.5 Å². The van der Waals surface area contributed by atoms with Crippen molar-refractivity contribution in [2.75, 3.05) is 5.73 Å². The number of allylic oxidation sites excluding steroid dienone is 5. The second kappa shape index (κ2) is 11.8. The predicted octanol–water partition coefficient (Wildman–Crippen LogP) is 6.18. The molecule has 2 aliphatic carbocycles. The first-order valence-electron chi connectivity index (χ1n) is 13.7. The molecule has 5 rings (SSSR count). The molecule has 2 aromatic rings. The monoisotopic (exact) mass is 571 g/mol. The number of ether oxygens (including phenoxy) is 2. The van der Waals surface area contributed by atoms with E-state index in [4.69, 9.17) is 30.9 Å². The molecule has 0 spiro atoms. The van der Waals surface area contributed by atoms with Crippen molar-refractivity contribution >= 4 is 30.2 Å². The molecule has 1 aliphatic heterocycles. The summed E-state index contributed by atoms with van der Waals surface area (Å²) in [5.41, 5.74) is 14.2. The Morgan fingerprint density at radius 2 is 1.98 bits per heavy atom. The summed E-state index contributed by atoms with van der Waals surface area (Å²) in [5.74, 6) is -0.605. The SMILES string of the molecule is C=C1C2=CC=CCC2P(=O)(c2cc(OC(=N)C3C=C(N)C=CC3)ccc2OC(=O)c2cccc(N)c2)OC1CCC. The molecule has 9 heteroatoms. The number of carbonyl (C=O) groups is 1. The normalized spacial score (nSPS) is 25.1. The third kappa shape index (κ3) is 5.85. The Hall–Kier alpha value is -4.13. The number of benzene rings is 2.